The Morgan fingerprint density at radius 2 is 1.86 bits per heavy atom. The van der Waals surface area contributed by atoms with E-state index in [1.807, 2.05) is 36.5 Å². The summed E-state index contributed by atoms with van der Waals surface area (Å²) in [7, 11) is -0.650. The first-order chi connectivity index (χ1) is 13.8. The number of nitrogens with zero attached hydrogens (tertiary/aromatic N) is 3. The van der Waals surface area contributed by atoms with Gasteiger partial charge in [-0.2, -0.15) is 5.10 Å². The van der Waals surface area contributed by atoms with Crippen LogP contribution in [-0.2, 0) is 14.8 Å². The Morgan fingerprint density at radius 3 is 2.55 bits per heavy atom. The molecule has 0 saturated carbocycles. The number of amides is 1. The van der Waals surface area contributed by atoms with Crippen molar-refractivity contribution in [2.24, 2.45) is 0 Å². The maximum atomic E-state index is 12.3. The summed E-state index contributed by atoms with van der Waals surface area (Å²) in [5, 5.41) is 7.01. The Bertz CT molecular complexity index is 1150. The van der Waals surface area contributed by atoms with E-state index in [9.17, 15) is 13.2 Å². The molecule has 2 aromatic carbocycles. The number of carbonyl (C=O) groups excluding carboxylic acids is 1. The summed E-state index contributed by atoms with van der Waals surface area (Å²) in [4.78, 5) is 12.4. The molecule has 1 N–H and O–H groups in total. The van der Waals surface area contributed by atoms with Gasteiger partial charge in [-0.25, -0.2) is 17.4 Å². The van der Waals surface area contributed by atoms with Crippen LogP contribution in [0.4, 0.5) is 5.69 Å². The summed E-state index contributed by atoms with van der Waals surface area (Å²) in [6.45, 7) is 1.80. The number of hydrogen-bond donors (Lipinski definition) is 1. The van der Waals surface area contributed by atoms with E-state index in [4.69, 9.17) is 0 Å². The van der Waals surface area contributed by atoms with Crippen LogP contribution in [0.2, 0.25) is 0 Å². The van der Waals surface area contributed by atoms with Crippen molar-refractivity contribution in [3.8, 4) is 5.69 Å². The molecule has 0 aliphatic heterocycles. The quantitative estimate of drug-likeness (QED) is 0.633. The zero-order chi connectivity index (χ0) is 21.0. The highest BCUT2D eigenvalue weighted by Gasteiger charge is 2.18. The van der Waals surface area contributed by atoms with Crippen LogP contribution >= 0.6 is 0 Å². The third-order valence-corrected chi connectivity index (χ3v) is 6.11. The van der Waals surface area contributed by atoms with Crippen molar-refractivity contribution in [3.05, 3.63) is 78.1 Å². The number of anilines is 1. The van der Waals surface area contributed by atoms with Crippen molar-refractivity contribution in [3.63, 3.8) is 0 Å². The third-order valence-electron chi connectivity index (χ3n) is 4.30. The number of carbonyl (C=O) groups is 1. The van der Waals surface area contributed by atoms with Gasteiger partial charge in [-0.1, -0.05) is 24.3 Å². The molecule has 1 amide bonds. The molecule has 0 aliphatic rings. The standard InChI is InChI=1S/C21H22N4O3S/c1-16-9-11-19(29(27,28)24(2)3)13-20(16)23-21(26)12-10-17-14-22-25(15-17)18-7-5-4-6-8-18/h4-15H,1-3H3,(H,23,26)/b12-10+. The molecule has 0 aliphatic carbocycles. The Kier molecular flexibility index (Phi) is 5.95. The fourth-order valence-corrected chi connectivity index (χ4v) is 3.53. The number of aromatic nitrogens is 2. The first-order valence-electron chi connectivity index (χ1n) is 8.90. The lowest BCUT2D eigenvalue weighted by molar-refractivity contribution is -0.111. The first kappa shape index (κ1) is 20.5. The molecule has 0 saturated heterocycles. The predicted octanol–water partition coefficient (Wildman–Crippen LogP) is 3.08. The summed E-state index contributed by atoms with van der Waals surface area (Å²) >= 11 is 0. The van der Waals surface area contributed by atoms with Gasteiger partial charge in [-0.05, 0) is 42.8 Å². The predicted molar refractivity (Wildman–Crippen MR) is 113 cm³/mol. The van der Waals surface area contributed by atoms with Gasteiger partial charge < -0.3 is 5.32 Å². The van der Waals surface area contributed by atoms with Gasteiger partial charge >= 0.3 is 0 Å². The number of hydrogen-bond acceptors (Lipinski definition) is 4. The molecule has 1 heterocycles. The molecule has 150 valence electrons. The highest BCUT2D eigenvalue weighted by atomic mass is 32.2. The highest BCUT2D eigenvalue weighted by Crippen LogP contribution is 2.22. The SMILES string of the molecule is Cc1ccc(S(=O)(=O)N(C)C)cc1NC(=O)/C=C/c1cnn(-c2ccccc2)c1. The third kappa shape index (κ3) is 4.79. The lowest BCUT2D eigenvalue weighted by Gasteiger charge is -2.14. The zero-order valence-corrected chi connectivity index (χ0v) is 17.2. The van der Waals surface area contributed by atoms with Crippen LogP contribution < -0.4 is 5.32 Å². The maximum absolute atomic E-state index is 12.3. The largest absolute Gasteiger partial charge is 0.322 e. The van der Waals surface area contributed by atoms with E-state index in [0.717, 1.165) is 21.1 Å². The molecule has 7 nitrogen and oxygen atoms in total. The number of rotatable bonds is 6. The lowest BCUT2D eigenvalue weighted by atomic mass is 10.2. The fourth-order valence-electron chi connectivity index (χ4n) is 2.60. The van der Waals surface area contributed by atoms with Crippen LogP contribution in [0.15, 0.2) is 71.9 Å². The molecule has 0 unspecified atom stereocenters. The minimum atomic E-state index is -3.58. The van der Waals surface area contributed by atoms with Crippen LogP contribution in [0.3, 0.4) is 0 Å². The molecule has 0 bridgehead atoms. The van der Waals surface area contributed by atoms with E-state index < -0.39 is 10.0 Å². The smallest absolute Gasteiger partial charge is 0.248 e. The van der Waals surface area contributed by atoms with Crippen molar-refractivity contribution >= 4 is 27.7 Å². The normalized spacial score (nSPS) is 11.9. The summed E-state index contributed by atoms with van der Waals surface area (Å²) < 4.78 is 27.5. The van der Waals surface area contributed by atoms with E-state index >= 15 is 0 Å². The maximum Gasteiger partial charge on any atom is 0.248 e. The van der Waals surface area contributed by atoms with Gasteiger partial charge in [0.2, 0.25) is 15.9 Å². The summed E-state index contributed by atoms with van der Waals surface area (Å²) in [6.07, 6.45) is 6.51. The van der Waals surface area contributed by atoms with Gasteiger partial charge in [0.1, 0.15) is 0 Å². The van der Waals surface area contributed by atoms with Crippen LogP contribution in [0.1, 0.15) is 11.1 Å². The van der Waals surface area contributed by atoms with Gasteiger partial charge in [-0.15, -0.1) is 0 Å². The van der Waals surface area contributed by atoms with Crippen LogP contribution in [0.5, 0.6) is 0 Å². The van der Waals surface area contributed by atoms with Crippen LogP contribution in [-0.4, -0.2) is 42.5 Å². The topological polar surface area (TPSA) is 84.3 Å². The van der Waals surface area contributed by atoms with Gasteiger partial charge in [-0.3, -0.25) is 4.79 Å². The number of nitrogens with one attached hydrogen (secondary N) is 1. The second kappa shape index (κ2) is 8.42. The van der Waals surface area contributed by atoms with Crippen molar-refractivity contribution in [1.29, 1.82) is 0 Å². The van der Waals surface area contributed by atoms with E-state index in [2.05, 4.69) is 10.4 Å². The second-order valence-electron chi connectivity index (χ2n) is 6.64. The van der Waals surface area contributed by atoms with E-state index in [0.29, 0.717) is 5.69 Å². The van der Waals surface area contributed by atoms with Crippen LogP contribution in [0, 0.1) is 6.92 Å². The van der Waals surface area contributed by atoms with Gasteiger partial charge in [0.15, 0.2) is 0 Å². The molecule has 8 heteroatoms. The molecule has 3 rings (SSSR count). The van der Waals surface area contributed by atoms with Crippen LogP contribution in [0.25, 0.3) is 11.8 Å². The second-order valence-corrected chi connectivity index (χ2v) is 8.79. The van der Waals surface area contributed by atoms with Gasteiger partial charge in [0.25, 0.3) is 0 Å². The summed E-state index contributed by atoms with van der Waals surface area (Å²) in [5.74, 6) is -0.361. The van der Waals surface area contributed by atoms with E-state index in [-0.39, 0.29) is 10.8 Å². The number of benzene rings is 2. The molecule has 0 fully saturated rings. The summed E-state index contributed by atoms with van der Waals surface area (Å²) in [6, 6.07) is 14.3. The van der Waals surface area contributed by atoms with Crippen molar-refractivity contribution in [2.45, 2.75) is 11.8 Å². The zero-order valence-electron chi connectivity index (χ0n) is 16.4. The molecular weight excluding hydrogens is 388 g/mol. The Balaban J connectivity index is 1.74. The molecule has 0 spiro atoms. The van der Waals surface area contributed by atoms with Gasteiger partial charge in [0.05, 0.1) is 16.8 Å². The van der Waals surface area contributed by atoms with E-state index in [1.165, 1.54) is 32.3 Å². The number of sulfonamides is 1. The Morgan fingerprint density at radius 1 is 1.14 bits per heavy atom. The molecule has 3 aromatic rings. The van der Waals surface area contributed by atoms with Crippen molar-refractivity contribution < 1.29 is 13.2 Å². The minimum Gasteiger partial charge on any atom is -0.322 e. The summed E-state index contributed by atoms with van der Waals surface area (Å²) in [5.41, 5.74) is 2.90. The van der Waals surface area contributed by atoms with Crippen molar-refractivity contribution in [1.82, 2.24) is 14.1 Å². The lowest BCUT2D eigenvalue weighted by Crippen LogP contribution is -2.22. The van der Waals surface area contributed by atoms with E-state index in [1.54, 1.807) is 29.9 Å². The molecular formula is C21H22N4O3S. The van der Waals surface area contributed by atoms with Gasteiger partial charge in [0, 0.05) is 37.6 Å². The molecule has 0 radical (unpaired) electrons. The molecule has 29 heavy (non-hydrogen) atoms. The minimum absolute atomic E-state index is 0.122. The number of aryl methyl sites for hydroxylation is 1. The monoisotopic (exact) mass is 410 g/mol. The fraction of sp³-hybridized carbons (Fsp3) is 0.143. The molecule has 1 aromatic heterocycles. The number of para-hydroxylation sites is 1. The van der Waals surface area contributed by atoms with Crippen molar-refractivity contribution in [2.75, 3.05) is 19.4 Å². The average molecular weight is 410 g/mol. The average Bonchev–Trinajstić information content (AvgIpc) is 3.17. The Hall–Kier alpha value is -3.23. The highest BCUT2D eigenvalue weighted by molar-refractivity contribution is 7.89. The molecule has 0 atom stereocenters. The Labute approximate surface area is 170 Å². The first-order valence-corrected chi connectivity index (χ1v) is 10.3.